The van der Waals surface area contributed by atoms with Gasteiger partial charge in [0.15, 0.2) is 0 Å². The molecule has 2 N–H and O–H groups in total. The van der Waals surface area contributed by atoms with Crippen LogP contribution < -0.4 is 0 Å². The van der Waals surface area contributed by atoms with Crippen LogP contribution in [0.4, 0.5) is 0 Å². The quantitative estimate of drug-likeness (QED) is 0.584. The van der Waals surface area contributed by atoms with Crippen molar-refractivity contribution in [2.45, 2.75) is 20.0 Å². The van der Waals surface area contributed by atoms with Crippen LogP contribution in [0.1, 0.15) is 24.5 Å². The number of hydrogen-bond acceptors (Lipinski definition) is 2. The minimum atomic E-state index is -0.487. The summed E-state index contributed by atoms with van der Waals surface area (Å²) < 4.78 is 0. The molecule has 0 aliphatic rings. The average Bonchev–Trinajstić information content (AvgIpc) is 2.14. The average molecular weight is 126 g/mol. The number of aryl methyl sites for hydroxylation is 1. The van der Waals surface area contributed by atoms with E-state index in [9.17, 15) is 0 Å². The molecule has 0 saturated carbocycles. The zero-order valence-electron chi connectivity index (χ0n) is 5.55. The molecular formula is C6H10N2O. The van der Waals surface area contributed by atoms with Crippen LogP contribution in [0.15, 0.2) is 6.20 Å². The number of nitrogens with one attached hydrogen (secondary N) is 1. The van der Waals surface area contributed by atoms with Gasteiger partial charge in [-0.1, -0.05) is 0 Å². The topological polar surface area (TPSA) is 48.9 Å². The highest BCUT2D eigenvalue weighted by atomic mass is 16.3. The normalized spacial score (nSPS) is 13.7. The van der Waals surface area contributed by atoms with Gasteiger partial charge in [-0.05, 0) is 13.8 Å². The summed E-state index contributed by atoms with van der Waals surface area (Å²) in [7, 11) is 0. The van der Waals surface area contributed by atoms with E-state index in [1.54, 1.807) is 13.1 Å². The smallest absolute Gasteiger partial charge is 0.134 e. The molecule has 0 aromatic carbocycles. The number of aromatic nitrogens is 2. The van der Waals surface area contributed by atoms with Crippen LogP contribution in [-0.4, -0.2) is 15.1 Å². The SMILES string of the molecule is Cc1cnc([C@@H](C)O)[nH]1. The second-order valence-electron chi connectivity index (χ2n) is 2.13. The van der Waals surface area contributed by atoms with Crippen molar-refractivity contribution in [3.8, 4) is 0 Å². The molecule has 0 saturated heterocycles. The lowest BCUT2D eigenvalue weighted by molar-refractivity contribution is 0.190. The van der Waals surface area contributed by atoms with Crippen molar-refractivity contribution in [2.75, 3.05) is 0 Å². The van der Waals surface area contributed by atoms with E-state index in [0.717, 1.165) is 5.69 Å². The van der Waals surface area contributed by atoms with Gasteiger partial charge in [-0.25, -0.2) is 4.98 Å². The third-order valence-corrected chi connectivity index (χ3v) is 1.12. The van der Waals surface area contributed by atoms with Crippen LogP contribution in [0.3, 0.4) is 0 Å². The van der Waals surface area contributed by atoms with E-state index in [-0.39, 0.29) is 0 Å². The highest BCUT2D eigenvalue weighted by Gasteiger charge is 2.01. The summed E-state index contributed by atoms with van der Waals surface area (Å²) in [6.07, 6.45) is 1.21. The Labute approximate surface area is 53.7 Å². The van der Waals surface area contributed by atoms with Crippen molar-refractivity contribution in [1.82, 2.24) is 9.97 Å². The molecule has 9 heavy (non-hydrogen) atoms. The van der Waals surface area contributed by atoms with E-state index in [4.69, 9.17) is 5.11 Å². The Balaban J connectivity index is 2.85. The van der Waals surface area contributed by atoms with E-state index in [2.05, 4.69) is 9.97 Å². The minimum Gasteiger partial charge on any atom is -0.385 e. The van der Waals surface area contributed by atoms with Gasteiger partial charge in [0.2, 0.25) is 0 Å². The van der Waals surface area contributed by atoms with Gasteiger partial charge in [0.05, 0.1) is 0 Å². The molecule has 1 atom stereocenters. The first kappa shape index (κ1) is 6.29. The second-order valence-corrected chi connectivity index (χ2v) is 2.13. The van der Waals surface area contributed by atoms with E-state index < -0.39 is 6.10 Å². The lowest BCUT2D eigenvalue weighted by atomic mass is 10.4. The van der Waals surface area contributed by atoms with Gasteiger partial charge >= 0.3 is 0 Å². The highest BCUT2D eigenvalue weighted by molar-refractivity contribution is 4.99. The van der Waals surface area contributed by atoms with Crippen molar-refractivity contribution in [3.05, 3.63) is 17.7 Å². The van der Waals surface area contributed by atoms with Crippen molar-refractivity contribution >= 4 is 0 Å². The fourth-order valence-electron chi connectivity index (χ4n) is 0.645. The number of aliphatic hydroxyl groups excluding tert-OH is 1. The number of nitrogens with zero attached hydrogens (tertiary/aromatic N) is 1. The molecule has 0 spiro atoms. The largest absolute Gasteiger partial charge is 0.385 e. The van der Waals surface area contributed by atoms with Gasteiger partial charge in [0, 0.05) is 11.9 Å². The molecule has 0 aliphatic heterocycles. The molecule has 1 aromatic rings. The van der Waals surface area contributed by atoms with Gasteiger partial charge in [-0.2, -0.15) is 0 Å². The Morgan fingerprint density at radius 3 is 2.67 bits per heavy atom. The zero-order chi connectivity index (χ0) is 6.85. The molecule has 3 heteroatoms. The number of hydrogen-bond donors (Lipinski definition) is 2. The molecule has 0 aliphatic carbocycles. The molecule has 1 rings (SSSR count). The van der Waals surface area contributed by atoms with E-state index in [1.165, 1.54) is 0 Å². The van der Waals surface area contributed by atoms with E-state index in [1.807, 2.05) is 6.92 Å². The summed E-state index contributed by atoms with van der Waals surface area (Å²) in [5.74, 6) is 0.632. The van der Waals surface area contributed by atoms with Crippen LogP contribution >= 0.6 is 0 Å². The molecular weight excluding hydrogens is 116 g/mol. The van der Waals surface area contributed by atoms with Crippen molar-refractivity contribution in [2.24, 2.45) is 0 Å². The number of aliphatic hydroxyl groups is 1. The van der Waals surface area contributed by atoms with Gasteiger partial charge in [-0.3, -0.25) is 0 Å². The van der Waals surface area contributed by atoms with Gasteiger partial charge in [0.25, 0.3) is 0 Å². The summed E-state index contributed by atoms with van der Waals surface area (Å²) in [4.78, 5) is 6.82. The Hall–Kier alpha value is -0.830. The van der Waals surface area contributed by atoms with Crippen LogP contribution in [0.25, 0.3) is 0 Å². The summed E-state index contributed by atoms with van der Waals surface area (Å²) >= 11 is 0. The van der Waals surface area contributed by atoms with Gasteiger partial charge in [-0.15, -0.1) is 0 Å². The predicted octanol–water partition coefficient (Wildman–Crippen LogP) is 0.771. The predicted molar refractivity (Wildman–Crippen MR) is 34.0 cm³/mol. The number of aromatic amines is 1. The molecule has 50 valence electrons. The highest BCUT2D eigenvalue weighted by Crippen LogP contribution is 2.05. The Morgan fingerprint density at radius 2 is 2.44 bits per heavy atom. The molecule has 1 heterocycles. The summed E-state index contributed by atoms with van der Waals surface area (Å²) in [6, 6.07) is 0. The summed E-state index contributed by atoms with van der Waals surface area (Å²) in [5.41, 5.74) is 0.978. The Morgan fingerprint density at radius 1 is 1.78 bits per heavy atom. The Kier molecular flexibility index (Phi) is 1.53. The summed E-state index contributed by atoms with van der Waals surface area (Å²) in [5, 5.41) is 8.94. The first-order chi connectivity index (χ1) is 4.20. The second kappa shape index (κ2) is 2.19. The Bertz CT molecular complexity index is 193. The maximum absolute atomic E-state index is 8.94. The molecule has 3 nitrogen and oxygen atoms in total. The maximum Gasteiger partial charge on any atom is 0.134 e. The lowest BCUT2D eigenvalue weighted by Crippen LogP contribution is -1.92. The van der Waals surface area contributed by atoms with Gasteiger partial charge in [0.1, 0.15) is 11.9 Å². The number of rotatable bonds is 1. The monoisotopic (exact) mass is 126 g/mol. The standard InChI is InChI=1S/C6H10N2O/c1-4-3-7-6(8-4)5(2)9/h3,5,9H,1-2H3,(H,7,8)/t5-/m1/s1. The molecule has 0 amide bonds. The zero-order valence-corrected chi connectivity index (χ0v) is 5.55. The van der Waals surface area contributed by atoms with E-state index in [0.29, 0.717) is 5.82 Å². The summed E-state index contributed by atoms with van der Waals surface area (Å²) in [6.45, 7) is 3.58. The molecule has 0 unspecified atom stereocenters. The number of imidazole rings is 1. The van der Waals surface area contributed by atoms with Crippen LogP contribution in [-0.2, 0) is 0 Å². The van der Waals surface area contributed by atoms with Crippen LogP contribution in [0.5, 0.6) is 0 Å². The van der Waals surface area contributed by atoms with Crippen molar-refractivity contribution in [3.63, 3.8) is 0 Å². The van der Waals surface area contributed by atoms with Crippen molar-refractivity contribution in [1.29, 1.82) is 0 Å². The number of H-pyrrole nitrogens is 1. The fraction of sp³-hybridized carbons (Fsp3) is 0.500. The molecule has 0 bridgehead atoms. The third kappa shape index (κ3) is 1.29. The first-order valence-corrected chi connectivity index (χ1v) is 2.89. The lowest BCUT2D eigenvalue weighted by Gasteiger charge is -1.95. The maximum atomic E-state index is 8.94. The molecule has 0 radical (unpaired) electrons. The molecule has 1 aromatic heterocycles. The minimum absolute atomic E-state index is 0.487. The van der Waals surface area contributed by atoms with Gasteiger partial charge < -0.3 is 10.1 Å². The van der Waals surface area contributed by atoms with Crippen LogP contribution in [0, 0.1) is 6.92 Å². The van der Waals surface area contributed by atoms with E-state index >= 15 is 0 Å². The third-order valence-electron chi connectivity index (χ3n) is 1.12. The fourth-order valence-corrected chi connectivity index (χ4v) is 0.645. The molecule has 0 fully saturated rings. The van der Waals surface area contributed by atoms with Crippen molar-refractivity contribution < 1.29 is 5.11 Å². The van der Waals surface area contributed by atoms with Crippen LogP contribution in [0.2, 0.25) is 0 Å². The first-order valence-electron chi connectivity index (χ1n) is 2.89.